The van der Waals surface area contributed by atoms with Crippen molar-refractivity contribution in [3.63, 3.8) is 0 Å². The van der Waals surface area contributed by atoms with Crippen LogP contribution in [0.3, 0.4) is 0 Å². The smallest absolute Gasteiger partial charge is 0.116 e. The highest BCUT2D eigenvalue weighted by molar-refractivity contribution is 7.03. The molecular weight excluding hydrogens is 162 g/mol. The number of hydrogen-bond donors (Lipinski definition) is 2. The molecule has 11 heavy (non-hydrogen) atoms. The maximum atomic E-state index is 9.53. The lowest BCUT2D eigenvalue weighted by atomic mass is 9.97. The highest BCUT2D eigenvalue weighted by atomic mass is 32.1. The minimum Gasteiger partial charge on any atom is -0.385 e. The van der Waals surface area contributed by atoms with Gasteiger partial charge in [0.1, 0.15) is 11.8 Å². The van der Waals surface area contributed by atoms with Crippen LogP contribution in [0.4, 0.5) is 0 Å². The topological polar surface area (TPSA) is 72.0 Å². The molecule has 62 valence electrons. The number of hydrogen-bond acceptors (Lipinski definition) is 5. The second-order valence-electron chi connectivity index (χ2n) is 3.05. The maximum Gasteiger partial charge on any atom is 0.116 e. The van der Waals surface area contributed by atoms with Gasteiger partial charge in [0.15, 0.2) is 0 Å². The van der Waals surface area contributed by atoms with Gasteiger partial charge in [-0.15, -0.1) is 5.10 Å². The van der Waals surface area contributed by atoms with E-state index in [0.717, 1.165) is 0 Å². The van der Waals surface area contributed by atoms with Crippen molar-refractivity contribution in [3.8, 4) is 0 Å². The molecule has 0 saturated heterocycles. The van der Waals surface area contributed by atoms with Crippen molar-refractivity contribution in [2.75, 3.05) is 0 Å². The molecule has 1 heterocycles. The second-order valence-corrected chi connectivity index (χ2v) is 3.66. The van der Waals surface area contributed by atoms with Gasteiger partial charge in [0.25, 0.3) is 0 Å². The Morgan fingerprint density at radius 1 is 1.73 bits per heavy atom. The summed E-state index contributed by atoms with van der Waals surface area (Å²) in [6.07, 6.45) is -0.735. The quantitative estimate of drug-likeness (QED) is 0.675. The fraction of sp³-hybridized carbons (Fsp3) is 0.667. The molecule has 0 radical (unpaired) electrons. The third kappa shape index (κ3) is 1.95. The molecule has 0 aliphatic carbocycles. The Morgan fingerprint density at radius 3 is 2.73 bits per heavy atom. The third-order valence-corrected chi connectivity index (χ3v) is 1.88. The molecule has 0 fully saturated rings. The average molecular weight is 173 g/mol. The second kappa shape index (κ2) is 2.84. The standard InChI is InChI=1S/C6H11N3OS/c1-6(2,7)5(10)4-3-11-9-8-4/h3,5,10H,7H2,1-2H3. The van der Waals surface area contributed by atoms with E-state index in [0.29, 0.717) is 5.69 Å². The zero-order valence-electron chi connectivity index (χ0n) is 6.48. The zero-order chi connectivity index (χ0) is 8.48. The van der Waals surface area contributed by atoms with Crippen LogP contribution in [0.15, 0.2) is 5.38 Å². The van der Waals surface area contributed by atoms with E-state index >= 15 is 0 Å². The minimum atomic E-state index is -0.735. The number of aliphatic hydroxyl groups is 1. The summed E-state index contributed by atoms with van der Waals surface area (Å²) in [5, 5.41) is 14.9. The van der Waals surface area contributed by atoms with Crippen LogP contribution >= 0.6 is 11.5 Å². The van der Waals surface area contributed by atoms with Crippen molar-refractivity contribution >= 4 is 11.5 Å². The monoisotopic (exact) mass is 173 g/mol. The molecule has 0 aliphatic heterocycles. The summed E-state index contributed by atoms with van der Waals surface area (Å²) in [5.41, 5.74) is 5.54. The molecule has 1 rings (SSSR count). The fourth-order valence-corrected chi connectivity index (χ4v) is 1.14. The highest BCUT2D eigenvalue weighted by Crippen LogP contribution is 2.21. The van der Waals surface area contributed by atoms with Gasteiger partial charge in [-0.1, -0.05) is 4.49 Å². The van der Waals surface area contributed by atoms with Crippen molar-refractivity contribution < 1.29 is 5.11 Å². The molecule has 0 bridgehead atoms. The summed E-state index contributed by atoms with van der Waals surface area (Å²) < 4.78 is 3.63. The van der Waals surface area contributed by atoms with Crippen LogP contribution < -0.4 is 5.73 Å². The first-order chi connectivity index (χ1) is 5.02. The largest absolute Gasteiger partial charge is 0.385 e. The molecule has 0 aliphatic rings. The molecule has 5 heteroatoms. The van der Waals surface area contributed by atoms with Crippen molar-refractivity contribution in [3.05, 3.63) is 11.1 Å². The normalized spacial score (nSPS) is 14.9. The Bertz CT molecular complexity index is 216. The summed E-state index contributed by atoms with van der Waals surface area (Å²) in [6.45, 7) is 3.49. The lowest BCUT2D eigenvalue weighted by molar-refractivity contribution is 0.100. The van der Waals surface area contributed by atoms with Crippen molar-refractivity contribution in [1.82, 2.24) is 9.59 Å². The maximum absolute atomic E-state index is 9.53. The van der Waals surface area contributed by atoms with Crippen LogP contribution in [-0.2, 0) is 0 Å². The van der Waals surface area contributed by atoms with E-state index in [2.05, 4.69) is 9.59 Å². The Morgan fingerprint density at radius 2 is 2.36 bits per heavy atom. The third-order valence-electron chi connectivity index (χ3n) is 1.36. The Balaban J connectivity index is 2.78. The first-order valence-electron chi connectivity index (χ1n) is 3.25. The lowest BCUT2D eigenvalue weighted by Gasteiger charge is -2.23. The zero-order valence-corrected chi connectivity index (χ0v) is 7.30. The van der Waals surface area contributed by atoms with Crippen LogP contribution in [-0.4, -0.2) is 20.2 Å². The van der Waals surface area contributed by atoms with E-state index in [-0.39, 0.29) is 0 Å². The summed E-state index contributed by atoms with van der Waals surface area (Å²) in [5.74, 6) is 0. The molecule has 0 saturated carbocycles. The first-order valence-corrected chi connectivity index (χ1v) is 4.09. The van der Waals surface area contributed by atoms with Gasteiger partial charge in [-0.2, -0.15) is 0 Å². The van der Waals surface area contributed by atoms with Gasteiger partial charge in [0.2, 0.25) is 0 Å². The number of rotatable bonds is 2. The summed E-state index contributed by atoms with van der Waals surface area (Å²) >= 11 is 1.21. The minimum absolute atomic E-state index is 0.544. The molecule has 0 spiro atoms. The van der Waals surface area contributed by atoms with Crippen LogP contribution in [0.1, 0.15) is 25.6 Å². The molecule has 0 amide bonds. The average Bonchev–Trinajstić information content (AvgIpc) is 2.34. The van der Waals surface area contributed by atoms with Crippen LogP contribution in [0.2, 0.25) is 0 Å². The van der Waals surface area contributed by atoms with E-state index < -0.39 is 11.6 Å². The molecule has 1 atom stereocenters. The molecule has 1 unspecified atom stereocenters. The molecular formula is C6H11N3OS. The first kappa shape index (κ1) is 8.58. The van der Waals surface area contributed by atoms with E-state index in [1.54, 1.807) is 19.2 Å². The van der Waals surface area contributed by atoms with Crippen molar-refractivity contribution in [2.45, 2.75) is 25.5 Å². The summed E-state index contributed by atoms with van der Waals surface area (Å²) in [4.78, 5) is 0. The molecule has 4 nitrogen and oxygen atoms in total. The van der Waals surface area contributed by atoms with E-state index in [4.69, 9.17) is 5.73 Å². The van der Waals surface area contributed by atoms with Gasteiger partial charge in [-0.25, -0.2) is 0 Å². The fourth-order valence-electron chi connectivity index (χ4n) is 0.672. The van der Waals surface area contributed by atoms with E-state index in [1.807, 2.05) is 0 Å². The molecule has 0 aromatic carbocycles. The Kier molecular flexibility index (Phi) is 2.22. The van der Waals surface area contributed by atoms with E-state index in [1.165, 1.54) is 11.5 Å². The van der Waals surface area contributed by atoms with E-state index in [9.17, 15) is 5.11 Å². The Hall–Kier alpha value is -0.520. The number of aliphatic hydroxyl groups excluding tert-OH is 1. The van der Waals surface area contributed by atoms with Crippen molar-refractivity contribution in [2.24, 2.45) is 5.73 Å². The van der Waals surface area contributed by atoms with Crippen LogP contribution in [0, 0.1) is 0 Å². The summed E-state index contributed by atoms with van der Waals surface area (Å²) in [7, 11) is 0. The number of nitrogens with zero attached hydrogens (tertiary/aromatic N) is 2. The van der Waals surface area contributed by atoms with Gasteiger partial charge in [-0.3, -0.25) is 0 Å². The van der Waals surface area contributed by atoms with Crippen LogP contribution in [0.25, 0.3) is 0 Å². The molecule has 1 aromatic heterocycles. The highest BCUT2D eigenvalue weighted by Gasteiger charge is 2.26. The molecule has 3 N–H and O–H groups in total. The van der Waals surface area contributed by atoms with Gasteiger partial charge < -0.3 is 10.8 Å². The number of aromatic nitrogens is 2. The Labute approximate surface area is 69.2 Å². The predicted molar refractivity (Wildman–Crippen MR) is 43.1 cm³/mol. The van der Waals surface area contributed by atoms with Crippen molar-refractivity contribution in [1.29, 1.82) is 0 Å². The lowest BCUT2D eigenvalue weighted by Crippen LogP contribution is -2.39. The van der Waals surface area contributed by atoms with Gasteiger partial charge >= 0.3 is 0 Å². The van der Waals surface area contributed by atoms with Gasteiger partial charge in [-0.05, 0) is 25.4 Å². The van der Waals surface area contributed by atoms with Gasteiger partial charge in [0, 0.05) is 10.9 Å². The molecule has 1 aromatic rings. The predicted octanol–water partition coefficient (Wildman–Crippen LogP) is 0.309. The number of nitrogens with two attached hydrogens (primary N) is 1. The SMILES string of the molecule is CC(C)(N)C(O)c1csnn1. The van der Waals surface area contributed by atoms with Gasteiger partial charge in [0.05, 0.1) is 0 Å². The van der Waals surface area contributed by atoms with Crippen LogP contribution in [0.5, 0.6) is 0 Å². The summed E-state index contributed by atoms with van der Waals surface area (Å²) in [6, 6.07) is 0.